The van der Waals surface area contributed by atoms with E-state index in [0.29, 0.717) is 31.9 Å². The lowest BCUT2D eigenvalue weighted by Crippen LogP contribution is -2.32. The van der Waals surface area contributed by atoms with Crippen molar-refractivity contribution in [1.82, 2.24) is 9.47 Å². The van der Waals surface area contributed by atoms with E-state index in [1.165, 1.54) is 6.07 Å². The maximum atomic E-state index is 11.8. The number of aliphatic hydroxyl groups is 2. The lowest BCUT2D eigenvalue weighted by molar-refractivity contribution is 0.151. The van der Waals surface area contributed by atoms with E-state index in [-0.39, 0.29) is 25.5 Å². The smallest absolute Gasteiger partial charge is 0.223 e. The number of methoxy groups -OCH3 is 1. The van der Waals surface area contributed by atoms with Gasteiger partial charge in [-0.1, -0.05) is 0 Å². The molecule has 0 aliphatic rings. The summed E-state index contributed by atoms with van der Waals surface area (Å²) in [5.41, 5.74) is 0.855. The first-order chi connectivity index (χ1) is 10.5. The Balaban J connectivity index is 3.09. The maximum Gasteiger partial charge on any atom is 0.223 e. The molecule has 0 aromatic carbocycles. The van der Waals surface area contributed by atoms with Gasteiger partial charge in [0.1, 0.15) is 0 Å². The molecule has 0 aliphatic heterocycles. The molecule has 1 aromatic heterocycles. The molecule has 0 radical (unpaired) electrons. The number of aliphatic hydroxyl groups excluding tert-OH is 2. The first kappa shape index (κ1) is 18.6. The van der Waals surface area contributed by atoms with E-state index in [1.807, 2.05) is 11.5 Å². The highest BCUT2D eigenvalue weighted by atomic mass is 16.5. The van der Waals surface area contributed by atoms with Crippen molar-refractivity contribution in [3.05, 3.63) is 27.7 Å². The van der Waals surface area contributed by atoms with Gasteiger partial charge in [-0.15, -0.1) is 0 Å². The standard InChI is InChI=1S/C15H26N2O5/c1-12-10-14(20)15(21)13(17(12)4-3-9-22-2)11-16(5-7-18)6-8-19/h10,18-19,21H,3-9,11H2,1-2H3. The number of aryl methyl sites for hydroxylation is 1. The molecule has 0 fully saturated rings. The van der Waals surface area contributed by atoms with Gasteiger partial charge in [0.25, 0.3) is 0 Å². The first-order valence-corrected chi connectivity index (χ1v) is 7.40. The third-order valence-electron chi connectivity index (χ3n) is 3.53. The Kier molecular flexibility index (Phi) is 8.11. The van der Waals surface area contributed by atoms with Gasteiger partial charge in [-0.25, -0.2) is 0 Å². The Hall–Kier alpha value is -1.41. The fraction of sp³-hybridized carbons (Fsp3) is 0.667. The van der Waals surface area contributed by atoms with Crippen molar-refractivity contribution < 1.29 is 20.1 Å². The van der Waals surface area contributed by atoms with Crippen molar-refractivity contribution in [2.45, 2.75) is 26.4 Å². The zero-order valence-corrected chi connectivity index (χ0v) is 13.3. The van der Waals surface area contributed by atoms with Crippen LogP contribution in [0.25, 0.3) is 0 Å². The van der Waals surface area contributed by atoms with Gasteiger partial charge >= 0.3 is 0 Å². The summed E-state index contributed by atoms with van der Waals surface area (Å²) < 4.78 is 6.93. The highest BCUT2D eigenvalue weighted by Crippen LogP contribution is 2.17. The Morgan fingerprint density at radius 1 is 1.27 bits per heavy atom. The van der Waals surface area contributed by atoms with Crippen molar-refractivity contribution in [3.8, 4) is 5.75 Å². The molecule has 1 rings (SSSR count). The fourth-order valence-corrected chi connectivity index (χ4v) is 2.42. The molecule has 126 valence electrons. The van der Waals surface area contributed by atoms with Crippen LogP contribution in [0.3, 0.4) is 0 Å². The van der Waals surface area contributed by atoms with E-state index in [4.69, 9.17) is 14.9 Å². The zero-order valence-electron chi connectivity index (χ0n) is 13.3. The van der Waals surface area contributed by atoms with E-state index < -0.39 is 5.43 Å². The lowest BCUT2D eigenvalue weighted by Gasteiger charge is -2.24. The molecule has 1 heterocycles. The Bertz CT molecular complexity index is 509. The second kappa shape index (κ2) is 9.58. The summed E-state index contributed by atoms with van der Waals surface area (Å²) in [5, 5.41) is 28.3. The van der Waals surface area contributed by atoms with Crippen molar-refractivity contribution in [2.75, 3.05) is 40.0 Å². The van der Waals surface area contributed by atoms with Crippen LogP contribution in [0.5, 0.6) is 5.75 Å². The summed E-state index contributed by atoms with van der Waals surface area (Å²) in [4.78, 5) is 13.6. The predicted molar refractivity (Wildman–Crippen MR) is 83.0 cm³/mol. The molecule has 0 amide bonds. The molecule has 7 heteroatoms. The largest absolute Gasteiger partial charge is 0.503 e. The van der Waals surface area contributed by atoms with Crippen LogP contribution in [0.2, 0.25) is 0 Å². The number of aromatic nitrogens is 1. The summed E-state index contributed by atoms with van der Waals surface area (Å²) in [6, 6.07) is 1.41. The number of ether oxygens (including phenoxy) is 1. The van der Waals surface area contributed by atoms with Gasteiger partial charge in [-0.2, -0.15) is 0 Å². The number of nitrogens with zero attached hydrogens (tertiary/aromatic N) is 2. The average Bonchev–Trinajstić information content (AvgIpc) is 2.48. The van der Waals surface area contributed by atoms with E-state index in [9.17, 15) is 9.90 Å². The Morgan fingerprint density at radius 2 is 1.91 bits per heavy atom. The van der Waals surface area contributed by atoms with Crippen LogP contribution >= 0.6 is 0 Å². The van der Waals surface area contributed by atoms with Crippen LogP contribution in [-0.4, -0.2) is 64.8 Å². The third kappa shape index (κ3) is 5.10. The summed E-state index contributed by atoms with van der Waals surface area (Å²) in [7, 11) is 1.63. The minimum atomic E-state index is -0.413. The SMILES string of the molecule is COCCCn1c(C)cc(=O)c(O)c1CN(CCO)CCO. The van der Waals surface area contributed by atoms with Crippen molar-refractivity contribution in [2.24, 2.45) is 0 Å². The molecule has 7 nitrogen and oxygen atoms in total. The van der Waals surface area contributed by atoms with Gasteiger partial charge in [0.2, 0.25) is 5.43 Å². The Morgan fingerprint density at radius 3 is 2.45 bits per heavy atom. The zero-order chi connectivity index (χ0) is 16.5. The molecule has 22 heavy (non-hydrogen) atoms. The van der Waals surface area contributed by atoms with Crippen LogP contribution in [-0.2, 0) is 17.8 Å². The topological polar surface area (TPSA) is 95.2 Å². The number of aromatic hydroxyl groups is 1. The fourth-order valence-electron chi connectivity index (χ4n) is 2.42. The first-order valence-electron chi connectivity index (χ1n) is 7.40. The normalized spacial score (nSPS) is 11.3. The number of pyridine rings is 1. The van der Waals surface area contributed by atoms with Gasteiger partial charge in [0.15, 0.2) is 5.75 Å². The van der Waals surface area contributed by atoms with E-state index in [2.05, 4.69) is 0 Å². The molecular weight excluding hydrogens is 288 g/mol. The van der Waals surface area contributed by atoms with Crippen LogP contribution in [0.4, 0.5) is 0 Å². The molecule has 0 bridgehead atoms. The summed E-state index contributed by atoms with van der Waals surface area (Å²) in [6.45, 7) is 3.93. The molecule has 1 aromatic rings. The monoisotopic (exact) mass is 314 g/mol. The lowest BCUT2D eigenvalue weighted by atomic mass is 10.2. The minimum Gasteiger partial charge on any atom is -0.503 e. The summed E-state index contributed by atoms with van der Waals surface area (Å²) in [5.74, 6) is -0.274. The summed E-state index contributed by atoms with van der Waals surface area (Å²) >= 11 is 0. The van der Waals surface area contributed by atoms with Crippen LogP contribution < -0.4 is 5.43 Å². The second-order valence-electron chi connectivity index (χ2n) is 5.17. The van der Waals surface area contributed by atoms with Crippen LogP contribution in [0.1, 0.15) is 17.8 Å². The highest BCUT2D eigenvalue weighted by molar-refractivity contribution is 5.29. The number of hydrogen-bond acceptors (Lipinski definition) is 6. The van der Waals surface area contributed by atoms with Crippen LogP contribution in [0.15, 0.2) is 10.9 Å². The average molecular weight is 314 g/mol. The number of hydrogen-bond donors (Lipinski definition) is 3. The Labute approximate surface area is 130 Å². The summed E-state index contributed by atoms with van der Waals surface area (Å²) in [6.07, 6.45) is 0.757. The molecule has 0 unspecified atom stereocenters. The van der Waals surface area contributed by atoms with Gasteiger partial charge in [0.05, 0.1) is 18.9 Å². The van der Waals surface area contributed by atoms with Crippen LogP contribution in [0, 0.1) is 6.92 Å². The number of rotatable bonds is 10. The van der Waals surface area contributed by atoms with Crippen molar-refractivity contribution in [3.63, 3.8) is 0 Å². The molecule has 0 saturated heterocycles. The van der Waals surface area contributed by atoms with E-state index >= 15 is 0 Å². The van der Waals surface area contributed by atoms with Gasteiger partial charge in [-0.3, -0.25) is 9.69 Å². The minimum absolute atomic E-state index is 0.0551. The molecular formula is C15H26N2O5. The molecule has 0 spiro atoms. The maximum absolute atomic E-state index is 11.8. The quantitative estimate of drug-likeness (QED) is 0.513. The third-order valence-corrected chi connectivity index (χ3v) is 3.53. The van der Waals surface area contributed by atoms with E-state index in [1.54, 1.807) is 12.0 Å². The second-order valence-corrected chi connectivity index (χ2v) is 5.17. The van der Waals surface area contributed by atoms with Crippen molar-refractivity contribution >= 4 is 0 Å². The molecule has 3 N–H and O–H groups in total. The highest BCUT2D eigenvalue weighted by Gasteiger charge is 2.16. The van der Waals surface area contributed by atoms with Crippen molar-refractivity contribution in [1.29, 1.82) is 0 Å². The van der Waals surface area contributed by atoms with Gasteiger partial charge < -0.3 is 24.6 Å². The molecule has 0 saturated carbocycles. The van der Waals surface area contributed by atoms with E-state index in [0.717, 1.165) is 12.1 Å². The predicted octanol–water partition coefficient (Wildman–Crippen LogP) is -0.315. The molecule has 0 atom stereocenters. The molecule has 0 aliphatic carbocycles. The van der Waals surface area contributed by atoms with Gasteiger partial charge in [-0.05, 0) is 13.3 Å². The van der Waals surface area contributed by atoms with Gasteiger partial charge in [0, 0.05) is 51.7 Å².